The van der Waals surface area contributed by atoms with E-state index in [4.69, 9.17) is 0 Å². The zero-order valence-electron chi connectivity index (χ0n) is 10.1. The Morgan fingerprint density at radius 2 is 1.94 bits per heavy atom. The number of anilines is 1. The average Bonchev–Trinajstić information content (AvgIpc) is 2.34. The van der Waals surface area contributed by atoms with Gasteiger partial charge in [-0.15, -0.1) is 0 Å². The third-order valence-corrected chi connectivity index (χ3v) is 3.48. The van der Waals surface area contributed by atoms with E-state index in [0.717, 1.165) is 30.6 Å². The zero-order valence-corrected chi connectivity index (χ0v) is 10.1. The Balaban J connectivity index is 2.37. The van der Waals surface area contributed by atoms with Gasteiger partial charge < -0.3 is 4.90 Å². The fourth-order valence-electron chi connectivity index (χ4n) is 2.55. The van der Waals surface area contributed by atoms with Crippen LogP contribution < -0.4 is 4.90 Å². The van der Waals surface area contributed by atoms with Crippen LogP contribution in [0.1, 0.15) is 43.5 Å². The van der Waals surface area contributed by atoms with E-state index in [-0.39, 0.29) is 5.78 Å². The van der Waals surface area contributed by atoms with Crippen molar-refractivity contribution in [1.29, 1.82) is 0 Å². The van der Waals surface area contributed by atoms with Gasteiger partial charge in [0, 0.05) is 30.3 Å². The number of Topliss-reactive ketones (excluding diaryl/α,β-unsaturated/α-hetero) is 1. The van der Waals surface area contributed by atoms with E-state index in [1.165, 1.54) is 0 Å². The first kappa shape index (κ1) is 11.2. The number of carbonyl (C=O) groups is 1. The van der Waals surface area contributed by atoms with Crippen LogP contribution in [0.25, 0.3) is 0 Å². The van der Waals surface area contributed by atoms with Crippen LogP contribution in [-0.4, -0.2) is 18.4 Å². The van der Waals surface area contributed by atoms with E-state index in [0.29, 0.717) is 12.5 Å². The average molecular weight is 217 g/mol. The molecule has 0 unspecified atom stereocenters. The second-order valence-corrected chi connectivity index (χ2v) is 4.35. The molecule has 1 aromatic carbocycles. The second-order valence-electron chi connectivity index (χ2n) is 4.35. The van der Waals surface area contributed by atoms with E-state index in [1.54, 1.807) is 0 Å². The molecule has 0 N–H and O–H groups in total. The van der Waals surface area contributed by atoms with Crippen LogP contribution in [0, 0.1) is 0 Å². The Morgan fingerprint density at radius 3 is 2.62 bits per heavy atom. The molecule has 1 aliphatic heterocycles. The molecule has 0 saturated heterocycles. The third kappa shape index (κ3) is 1.84. The second kappa shape index (κ2) is 4.69. The molecule has 0 saturated carbocycles. The minimum absolute atomic E-state index is 0.290. The third-order valence-electron chi connectivity index (χ3n) is 3.48. The summed E-state index contributed by atoms with van der Waals surface area (Å²) in [5, 5.41) is 0. The lowest BCUT2D eigenvalue weighted by Gasteiger charge is -2.36. The van der Waals surface area contributed by atoms with Crippen molar-refractivity contribution in [2.24, 2.45) is 0 Å². The van der Waals surface area contributed by atoms with E-state index >= 15 is 0 Å². The highest BCUT2D eigenvalue weighted by Gasteiger charge is 2.25. The van der Waals surface area contributed by atoms with Crippen molar-refractivity contribution in [2.75, 3.05) is 11.4 Å². The van der Waals surface area contributed by atoms with Crippen LogP contribution in [0.3, 0.4) is 0 Å². The Labute approximate surface area is 97.3 Å². The monoisotopic (exact) mass is 217 g/mol. The number of nitrogens with zero attached hydrogens (tertiary/aromatic N) is 1. The smallest absolute Gasteiger partial charge is 0.166 e. The van der Waals surface area contributed by atoms with Crippen LogP contribution in [0.5, 0.6) is 0 Å². The van der Waals surface area contributed by atoms with Gasteiger partial charge in [-0.1, -0.05) is 26.0 Å². The largest absolute Gasteiger partial charge is 0.368 e. The van der Waals surface area contributed by atoms with Crippen LogP contribution in [0.2, 0.25) is 0 Å². The van der Waals surface area contributed by atoms with E-state index in [9.17, 15) is 4.79 Å². The predicted molar refractivity (Wildman–Crippen MR) is 67.1 cm³/mol. The summed E-state index contributed by atoms with van der Waals surface area (Å²) in [6.07, 6.45) is 2.94. The molecule has 0 atom stereocenters. The number of para-hydroxylation sites is 1. The molecule has 0 aromatic heterocycles. The van der Waals surface area contributed by atoms with Crippen molar-refractivity contribution in [2.45, 2.75) is 39.2 Å². The Hall–Kier alpha value is -1.31. The summed E-state index contributed by atoms with van der Waals surface area (Å²) >= 11 is 0. The minimum Gasteiger partial charge on any atom is -0.368 e. The normalized spacial score (nSPS) is 15.4. The topological polar surface area (TPSA) is 20.3 Å². The summed E-state index contributed by atoms with van der Waals surface area (Å²) in [7, 11) is 0. The number of hydrogen-bond donors (Lipinski definition) is 0. The minimum atomic E-state index is 0.290. The SMILES string of the molecule is CCC(CC)N1CCC(=O)c2ccccc21. The molecule has 1 aliphatic rings. The molecule has 0 amide bonds. The van der Waals surface area contributed by atoms with Crippen molar-refractivity contribution in [3.8, 4) is 0 Å². The zero-order chi connectivity index (χ0) is 11.5. The first-order valence-corrected chi connectivity index (χ1v) is 6.16. The summed E-state index contributed by atoms with van der Waals surface area (Å²) in [4.78, 5) is 14.2. The molecule has 0 spiro atoms. The molecule has 0 aliphatic carbocycles. The molecule has 86 valence electrons. The molecule has 0 bridgehead atoms. The lowest BCUT2D eigenvalue weighted by atomic mass is 9.97. The van der Waals surface area contributed by atoms with Gasteiger partial charge in [0.15, 0.2) is 5.78 Å². The maximum atomic E-state index is 11.8. The number of hydrogen-bond acceptors (Lipinski definition) is 2. The van der Waals surface area contributed by atoms with Gasteiger partial charge in [-0.3, -0.25) is 4.79 Å². The van der Waals surface area contributed by atoms with E-state index < -0.39 is 0 Å². The Morgan fingerprint density at radius 1 is 1.25 bits per heavy atom. The quantitative estimate of drug-likeness (QED) is 0.774. The highest BCUT2D eigenvalue weighted by Crippen LogP contribution is 2.29. The number of benzene rings is 1. The van der Waals surface area contributed by atoms with Crippen molar-refractivity contribution in [1.82, 2.24) is 0 Å². The molecule has 2 rings (SSSR count). The van der Waals surface area contributed by atoms with Crippen molar-refractivity contribution >= 4 is 11.5 Å². The number of ketones is 1. The van der Waals surface area contributed by atoms with Gasteiger partial charge in [0.1, 0.15) is 0 Å². The summed E-state index contributed by atoms with van der Waals surface area (Å²) < 4.78 is 0. The summed E-state index contributed by atoms with van der Waals surface area (Å²) in [6, 6.07) is 8.56. The number of carbonyl (C=O) groups excluding carboxylic acids is 1. The van der Waals surface area contributed by atoms with Crippen LogP contribution in [0.15, 0.2) is 24.3 Å². The first-order valence-electron chi connectivity index (χ1n) is 6.16. The van der Waals surface area contributed by atoms with Crippen molar-refractivity contribution in [3.63, 3.8) is 0 Å². The standard InChI is InChI=1S/C14H19NO/c1-3-11(4-2)15-10-9-14(16)12-7-5-6-8-13(12)15/h5-8,11H,3-4,9-10H2,1-2H3. The van der Waals surface area contributed by atoms with Gasteiger partial charge in [-0.05, 0) is 25.0 Å². The number of fused-ring (bicyclic) bond motifs is 1. The van der Waals surface area contributed by atoms with Crippen LogP contribution >= 0.6 is 0 Å². The predicted octanol–water partition coefficient (Wildman–Crippen LogP) is 3.27. The van der Waals surface area contributed by atoms with Crippen LogP contribution in [0.4, 0.5) is 5.69 Å². The summed E-state index contributed by atoms with van der Waals surface area (Å²) in [5.41, 5.74) is 2.04. The van der Waals surface area contributed by atoms with Gasteiger partial charge in [0.25, 0.3) is 0 Å². The van der Waals surface area contributed by atoms with Crippen LogP contribution in [-0.2, 0) is 0 Å². The molecule has 2 nitrogen and oxygen atoms in total. The van der Waals surface area contributed by atoms with Crippen molar-refractivity contribution in [3.05, 3.63) is 29.8 Å². The molecule has 0 fully saturated rings. The van der Waals surface area contributed by atoms with Gasteiger partial charge in [0.2, 0.25) is 0 Å². The molecule has 2 heteroatoms. The summed E-state index contributed by atoms with van der Waals surface area (Å²) in [5.74, 6) is 0.290. The lowest BCUT2D eigenvalue weighted by molar-refractivity contribution is 0.0978. The van der Waals surface area contributed by atoms with Gasteiger partial charge in [-0.25, -0.2) is 0 Å². The molecule has 0 radical (unpaired) electrons. The highest BCUT2D eigenvalue weighted by atomic mass is 16.1. The van der Waals surface area contributed by atoms with Gasteiger partial charge in [0.05, 0.1) is 0 Å². The highest BCUT2D eigenvalue weighted by molar-refractivity contribution is 6.03. The molecule has 16 heavy (non-hydrogen) atoms. The fraction of sp³-hybridized carbons (Fsp3) is 0.500. The first-order chi connectivity index (χ1) is 7.77. The fourth-order valence-corrected chi connectivity index (χ4v) is 2.55. The molecule has 1 aromatic rings. The summed E-state index contributed by atoms with van der Waals surface area (Å²) in [6.45, 7) is 5.31. The van der Waals surface area contributed by atoms with Gasteiger partial charge in [-0.2, -0.15) is 0 Å². The van der Waals surface area contributed by atoms with E-state index in [1.807, 2.05) is 18.2 Å². The van der Waals surface area contributed by atoms with Crippen molar-refractivity contribution < 1.29 is 4.79 Å². The number of rotatable bonds is 3. The Kier molecular flexibility index (Phi) is 3.28. The Bertz CT molecular complexity index is 382. The maximum Gasteiger partial charge on any atom is 0.166 e. The van der Waals surface area contributed by atoms with E-state index in [2.05, 4.69) is 24.8 Å². The molecular formula is C14H19NO. The van der Waals surface area contributed by atoms with Gasteiger partial charge >= 0.3 is 0 Å². The lowest BCUT2D eigenvalue weighted by Crippen LogP contribution is -2.39. The molecular weight excluding hydrogens is 198 g/mol. The maximum absolute atomic E-state index is 11.8. The molecule has 1 heterocycles.